The van der Waals surface area contributed by atoms with E-state index in [-0.39, 0.29) is 11.1 Å². The topological polar surface area (TPSA) is 59.4 Å². The van der Waals surface area contributed by atoms with Gasteiger partial charge in [0.15, 0.2) is 5.69 Å². The Bertz CT molecular complexity index is 656. The first-order chi connectivity index (χ1) is 10.3. The van der Waals surface area contributed by atoms with Crippen LogP contribution in [0.1, 0.15) is 46.9 Å². The molecule has 1 N–H and O–H groups in total. The normalized spacial score (nSPS) is 11.5. The van der Waals surface area contributed by atoms with Crippen LogP contribution in [-0.2, 0) is 5.41 Å². The van der Waals surface area contributed by atoms with Gasteiger partial charge in [0, 0.05) is 10.8 Å². The van der Waals surface area contributed by atoms with Crippen molar-refractivity contribution < 1.29 is 14.6 Å². The van der Waals surface area contributed by atoms with Gasteiger partial charge < -0.3 is 9.84 Å². The Hall–Kier alpha value is -1.88. The van der Waals surface area contributed by atoms with E-state index >= 15 is 0 Å². The Morgan fingerprint density at radius 2 is 1.95 bits per heavy atom. The summed E-state index contributed by atoms with van der Waals surface area (Å²) < 4.78 is 5.94. The lowest BCUT2D eigenvalue weighted by Crippen LogP contribution is -2.21. The fraction of sp³-hybridized carbons (Fsp3) is 0.412. The molecule has 22 heavy (non-hydrogen) atoms. The number of carboxylic acids is 1. The molecule has 0 aliphatic heterocycles. The molecule has 0 radical (unpaired) electrons. The van der Waals surface area contributed by atoms with Gasteiger partial charge in [0.25, 0.3) is 0 Å². The van der Waals surface area contributed by atoms with Gasteiger partial charge in [-0.05, 0) is 31.4 Å². The van der Waals surface area contributed by atoms with Crippen molar-refractivity contribution in [2.45, 2.75) is 39.5 Å². The monoisotopic (exact) mass is 319 g/mol. The molecule has 0 saturated carbocycles. The fourth-order valence-corrected chi connectivity index (χ4v) is 3.17. The smallest absolute Gasteiger partial charge is 0.355 e. The number of hydrogen-bond acceptors (Lipinski definition) is 4. The summed E-state index contributed by atoms with van der Waals surface area (Å²) in [5, 5.41) is 11.4. The molecule has 2 aromatic rings. The van der Waals surface area contributed by atoms with Crippen LogP contribution >= 0.6 is 11.3 Å². The average Bonchev–Trinajstić information content (AvgIpc) is 2.93. The molecule has 0 atom stereocenters. The van der Waals surface area contributed by atoms with E-state index in [1.165, 1.54) is 11.3 Å². The lowest BCUT2D eigenvalue weighted by atomic mass is 9.90. The van der Waals surface area contributed by atoms with Gasteiger partial charge in [-0.2, -0.15) is 0 Å². The molecule has 0 spiro atoms. The molecule has 118 valence electrons. The number of aromatic nitrogens is 1. The third-order valence-electron chi connectivity index (χ3n) is 3.68. The average molecular weight is 319 g/mol. The van der Waals surface area contributed by atoms with Gasteiger partial charge in [0.1, 0.15) is 5.75 Å². The highest BCUT2D eigenvalue weighted by Crippen LogP contribution is 2.31. The molecule has 0 amide bonds. The van der Waals surface area contributed by atoms with E-state index in [4.69, 9.17) is 9.84 Å². The van der Waals surface area contributed by atoms with Gasteiger partial charge in [-0.3, -0.25) is 0 Å². The summed E-state index contributed by atoms with van der Waals surface area (Å²) in [6, 6.07) is 6.09. The predicted molar refractivity (Wildman–Crippen MR) is 88.1 cm³/mol. The number of carbonyl (C=O) groups is 1. The zero-order chi connectivity index (χ0) is 16.3. The Kier molecular flexibility index (Phi) is 4.86. The number of carboxylic acid groups (broad SMARTS) is 1. The number of nitrogens with zero attached hydrogens (tertiary/aromatic N) is 1. The van der Waals surface area contributed by atoms with Crippen LogP contribution in [0.2, 0.25) is 0 Å². The van der Waals surface area contributed by atoms with Gasteiger partial charge in [0.05, 0.1) is 11.6 Å². The Morgan fingerprint density at radius 1 is 1.32 bits per heavy atom. The minimum absolute atomic E-state index is 0.115. The van der Waals surface area contributed by atoms with Crippen molar-refractivity contribution in [3.05, 3.63) is 45.4 Å². The quantitative estimate of drug-likeness (QED) is 0.866. The summed E-state index contributed by atoms with van der Waals surface area (Å²) in [6.07, 6.45) is 0.771. The number of hydrogen-bond donors (Lipinski definition) is 1. The second kappa shape index (κ2) is 6.48. The molecule has 2 rings (SSSR count). The van der Waals surface area contributed by atoms with Gasteiger partial charge in [-0.15, -0.1) is 11.3 Å². The minimum Gasteiger partial charge on any atom is -0.493 e. The fourth-order valence-electron chi connectivity index (χ4n) is 2.22. The summed E-state index contributed by atoms with van der Waals surface area (Å²) in [7, 11) is 0. The van der Waals surface area contributed by atoms with E-state index in [1.807, 2.05) is 32.0 Å². The van der Waals surface area contributed by atoms with Crippen molar-refractivity contribution in [1.82, 2.24) is 4.98 Å². The number of para-hydroxylation sites is 1. The molecule has 5 heteroatoms. The maximum Gasteiger partial charge on any atom is 0.355 e. The number of ether oxygens (including phenoxy) is 1. The lowest BCUT2D eigenvalue weighted by Gasteiger charge is -2.22. The second-order valence-corrected chi connectivity index (χ2v) is 6.90. The molecule has 1 aromatic carbocycles. The Balaban J connectivity index is 2.01. The largest absolute Gasteiger partial charge is 0.493 e. The van der Waals surface area contributed by atoms with Crippen LogP contribution < -0.4 is 4.74 Å². The zero-order valence-electron chi connectivity index (χ0n) is 13.3. The van der Waals surface area contributed by atoms with Crippen molar-refractivity contribution in [2.24, 2.45) is 0 Å². The lowest BCUT2D eigenvalue weighted by molar-refractivity contribution is 0.0691. The second-order valence-electron chi connectivity index (χ2n) is 6.05. The molecule has 0 bridgehead atoms. The van der Waals surface area contributed by atoms with Crippen LogP contribution in [0.25, 0.3) is 0 Å². The van der Waals surface area contributed by atoms with Crippen molar-refractivity contribution in [2.75, 3.05) is 6.61 Å². The van der Waals surface area contributed by atoms with Crippen LogP contribution in [0.3, 0.4) is 0 Å². The molecule has 0 unspecified atom stereocenters. The van der Waals surface area contributed by atoms with E-state index in [2.05, 4.69) is 18.8 Å². The third kappa shape index (κ3) is 3.65. The standard InChI is InChI=1S/C17H21NO3S/c1-11-6-5-7-12(2)14(11)21-9-8-17(3,4)16-18-13(10-22-16)15(19)20/h5-7,10H,8-9H2,1-4H3,(H,19,20). The summed E-state index contributed by atoms with van der Waals surface area (Å²) in [5.41, 5.74) is 2.15. The number of thiazole rings is 1. The number of rotatable bonds is 6. The zero-order valence-corrected chi connectivity index (χ0v) is 14.2. The van der Waals surface area contributed by atoms with Gasteiger partial charge in [-0.1, -0.05) is 32.0 Å². The Labute approximate surface area is 134 Å². The predicted octanol–water partition coefficient (Wildman–Crippen LogP) is 4.20. The first kappa shape index (κ1) is 16.5. The summed E-state index contributed by atoms with van der Waals surface area (Å²) in [4.78, 5) is 15.1. The highest BCUT2D eigenvalue weighted by atomic mass is 32.1. The van der Waals surface area contributed by atoms with Crippen LogP contribution in [0, 0.1) is 13.8 Å². The van der Waals surface area contributed by atoms with Crippen LogP contribution in [0.15, 0.2) is 23.6 Å². The minimum atomic E-state index is -0.981. The van der Waals surface area contributed by atoms with Crippen molar-refractivity contribution >= 4 is 17.3 Å². The van der Waals surface area contributed by atoms with Crippen molar-refractivity contribution in [3.8, 4) is 5.75 Å². The summed E-state index contributed by atoms with van der Waals surface area (Å²) >= 11 is 1.39. The van der Waals surface area contributed by atoms with E-state index in [1.54, 1.807) is 5.38 Å². The number of aromatic carboxylic acids is 1. The molecule has 0 aliphatic rings. The maximum atomic E-state index is 10.9. The van der Waals surface area contributed by atoms with Crippen LogP contribution in [-0.4, -0.2) is 22.7 Å². The van der Waals surface area contributed by atoms with E-state index in [0.29, 0.717) is 6.61 Å². The molecular formula is C17H21NO3S. The molecule has 4 nitrogen and oxygen atoms in total. The van der Waals surface area contributed by atoms with E-state index in [9.17, 15) is 4.79 Å². The third-order valence-corrected chi connectivity index (χ3v) is 4.89. The maximum absolute atomic E-state index is 10.9. The van der Waals surface area contributed by atoms with Crippen molar-refractivity contribution in [1.29, 1.82) is 0 Å². The first-order valence-electron chi connectivity index (χ1n) is 7.19. The van der Waals surface area contributed by atoms with Gasteiger partial charge in [-0.25, -0.2) is 9.78 Å². The molecular weight excluding hydrogens is 298 g/mol. The van der Waals surface area contributed by atoms with Crippen LogP contribution in [0.4, 0.5) is 0 Å². The first-order valence-corrected chi connectivity index (χ1v) is 8.07. The summed E-state index contributed by atoms with van der Waals surface area (Å²) in [6.45, 7) is 8.76. The highest BCUT2D eigenvalue weighted by Gasteiger charge is 2.25. The van der Waals surface area contributed by atoms with Crippen molar-refractivity contribution in [3.63, 3.8) is 0 Å². The van der Waals surface area contributed by atoms with Crippen LogP contribution in [0.5, 0.6) is 5.75 Å². The summed E-state index contributed by atoms with van der Waals surface area (Å²) in [5.74, 6) is -0.0475. The Morgan fingerprint density at radius 3 is 2.50 bits per heavy atom. The molecule has 0 aliphatic carbocycles. The highest BCUT2D eigenvalue weighted by molar-refractivity contribution is 7.10. The van der Waals surface area contributed by atoms with Gasteiger partial charge in [0.2, 0.25) is 0 Å². The van der Waals surface area contributed by atoms with Gasteiger partial charge >= 0.3 is 5.97 Å². The number of aryl methyl sites for hydroxylation is 2. The molecule has 1 aromatic heterocycles. The SMILES string of the molecule is Cc1cccc(C)c1OCCC(C)(C)c1nc(C(=O)O)cs1. The molecule has 0 fully saturated rings. The number of benzene rings is 1. The molecule has 1 heterocycles. The molecule has 0 saturated heterocycles. The van der Waals surface area contributed by atoms with E-state index < -0.39 is 5.97 Å². The van der Waals surface area contributed by atoms with E-state index in [0.717, 1.165) is 28.3 Å².